The van der Waals surface area contributed by atoms with Gasteiger partial charge in [0.2, 0.25) is 0 Å². The number of piperidine rings is 1. The van der Waals surface area contributed by atoms with Gasteiger partial charge in [-0.25, -0.2) is 13.4 Å². The molecule has 0 bridgehead atoms. The van der Waals surface area contributed by atoms with Gasteiger partial charge in [0, 0.05) is 29.4 Å². The average molecular weight is 506 g/mol. The van der Waals surface area contributed by atoms with E-state index in [1.54, 1.807) is 35.6 Å². The Kier molecular flexibility index (Phi) is 6.32. The van der Waals surface area contributed by atoms with Gasteiger partial charge in [-0.3, -0.25) is 0 Å². The van der Waals surface area contributed by atoms with Gasteiger partial charge >= 0.3 is 0 Å². The second kappa shape index (κ2) is 8.81. The normalized spacial score (nSPS) is 15.5. The molecule has 30 heavy (non-hydrogen) atoms. The van der Waals surface area contributed by atoms with Gasteiger partial charge in [0.05, 0.1) is 15.8 Å². The highest BCUT2D eigenvalue weighted by Gasteiger charge is 2.32. The lowest BCUT2D eigenvalue weighted by molar-refractivity contribution is 0.529. The highest BCUT2D eigenvalue weighted by atomic mass is 79.9. The number of hydrogen-bond donors (Lipinski definition) is 0. The van der Waals surface area contributed by atoms with E-state index in [1.165, 1.54) is 16.7 Å². The fourth-order valence-electron chi connectivity index (χ4n) is 4.01. The van der Waals surface area contributed by atoms with E-state index in [0.29, 0.717) is 17.7 Å². The van der Waals surface area contributed by atoms with E-state index in [4.69, 9.17) is 4.98 Å². The van der Waals surface area contributed by atoms with Gasteiger partial charge in [-0.1, -0.05) is 34.1 Å². The molecule has 0 unspecified atom stereocenters. The largest absolute Gasteiger partial charge is 0.348 e. The van der Waals surface area contributed by atoms with Crippen molar-refractivity contribution in [2.24, 2.45) is 0 Å². The number of thiazole rings is 1. The first kappa shape index (κ1) is 21.5. The number of halogens is 1. The summed E-state index contributed by atoms with van der Waals surface area (Å²) in [6, 6.07) is 13.3. The number of benzene rings is 2. The van der Waals surface area contributed by atoms with Crippen LogP contribution in [0.25, 0.3) is 0 Å². The van der Waals surface area contributed by atoms with E-state index in [2.05, 4.69) is 58.3 Å². The van der Waals surface area contributed by atoms with Gasteiger partial charge in [-0.2, -0.15) is 0 Å². The maximum atomic E-state index is 13.0. The van der Waals surface area contributed by atoms with E-state index in [0.717, 1.165) is 34.8 Å². The van der Waals surface area contributed by atoms with Crippen molar-refractivity contribution < 1.29 is 8.42 Å². The predicted octanol–water partition coefficient (Wildman–Crippen LogP) is 5.56. The van der Waals surface area contributed by atoms with Crippen molar-refractivity contribution in [2.45, 2.75) is 43.3 Å². The third kappa shape index (κ3) is 4.48. The van der Waals surface area contributed by atoms with Crippen LogP contribution in [0.15, 0.2) is 57.2 Å². The third-order valence-electron chi connectivity index (χ3n) is 5.84. The number of rotatable bonds is 5. The van der Waals surface area contributed by atoms with Crippen molar-refractivity contribution in [1.82, 2.24) is 4.98 Å². The van der Waals surface area contributed by atoms with Gasteiger partial charge < -0.3 is 4.90 Å². The van der Waals surface area contributed by atoms with Crippen molar-refractivity contribution in [3.63, 3.8) is 0 Å². The van der Waals surface area contributed by atoms with Crippen LogP contribution in [-0.2, 0) is 16.3 Å². The third-order valence-corrected chi connectivity index (χ3v) is 9.59. The monoisotopic (exact) mass is 504 g/mol. The summed E-state index contributed by atoms with van der Waals surface area (Å²) in [6.45, 7) is 5.73. The van der Waals surface area contributed by atoms with Crippen LogP contribution in [0.3, 0.4) is 0 Å². The maximum absolute atomic E-state index is 13.0. The zero-order chi connectivity index (χ0) is 21.3. The molecule has 1 aromatic heterocycles. The second-order valence-electron chi connectivity index (χ2n) is 7.85. The van der Waals surface area contributed by atoms with Gasteiger partial charge in [0.1, 0.15) is 0 Å². The minimum atomic E-state index is -3.29. The Morgan fingerprint density at radius 2 is 1.70 bits per heavy atom. The van der Waals surface area contributed by atoms with Crippen LogP contribution in [0.5, 0.6) is 0 Å². The lowest BCUT2D eigenvalue weighted by atomic mass is 9.99. The highest BCUT2D eigenvalue weighted by molar-refractivity contribution is 9.10. The van der Waals surface area contributed by atoms with E-state index >= 15 is 0 Å². The predicted molar refractivity (Wildman–Crippen MR) is 127 cm³/mol. The zero-order valence-corrected chi connectivity index (χ0v) is 20.4. The lowest BCUT2D eigenvalue weighted by Gasteiger charge is -2.31. The minimum absolute atomic E-state index is 0.330. The number of sulfone groups is 1. The first-order chi connectivity index (χ1) is 14.3. The summed E-state index contributed by atoms with van der Waals surface area (Å²) in [5.41, 5.74) is 5.01. The minimum Gasteiger partial charge on any atom is -0.348 e. The summed E-state index contributed by atoms with van der Waals surface area (Å²) >= 11 is 5.02. The van der Waals surface area contributed by atoms with E-state index in [-0.39, 0.29) is 5.25 Å². The summed E-state index contributed by atoms with van der Waals surface area (Å²) in [5, 5.41) is 2.80. The van der Waals surface area contributed by atoms with E-state index < -0.39 is 9.84 Å². The Bertz CT molecular complexity index is 1110. The van der Waals surface area contributed by atoms with Gasteiger partial charge in [-0.05, 0) is 67.6 Å². The lowest BCUT2D eigenvalue weighted by Crippen LogP contribution is -2.39. The second-order valence-corrected chi connectivity index (χ2v) is 11.8. The van der Waals surface area contributed by atoms with Crippen molar-refractivity contribution >= 4 is 42.2 Å². The summed E-state index contributed by atoms with van der Waals surface area (Å²) in [7, 11) is -3.29. The van der Waals surface area contributed by atoms with Crippen LogP contribution in [-0.4, -0.2) is 31.7 Å². The maximum Gasteiger partial charge on any atom is 0.185 e. The molecule has 0 spiro atoms. The first-order valence-electron chi connectivity index (χ1n) is 10.1. The molecule has 0 aliphatic carbocycles. The summed E-state index contributed by atoms with van der Waals surface area (Å²) in [5.74, 6) is 0. The van der Waals surface area contributed by atoms with Gasteiger partial charge in [-0.15, -0.1) is 11.3 Å². The molecule has 0 amide bonds. The standard InChI is InChI=1S/C23H25BrN2O2S2/c1-16-4-3-5-17(2)22(16)14-19-15-29-23(25-19)26-12-10-21(11-13-26)30(27,28)20-8-6-18(24)7-9-20/h3-9,15,21H,10-14H2,1-2H3. The molecule has 1 aliphatic heterocycles. The molecule has 7 heteroatoms. The molecule has 4 rings (SSSR count). The molecule has 2 aromatic carbocycles. The Balaban J connectivity index is 1.42. The van der Waals surface area contributed by atoms with Crippen LogP contribution in [0, 0.1) is 13.8 Å². The van der Waals surface area contributed by atoms with Crippen LogP contribution in [0.2, 0.25) is 0 Å². The molecule has 4 nitrogen and oxygen atoms in total. The van der Waals surface area contributed by atoms with Gasteiger partial charge in [0.15, 0.2) is 15.0 Å². The Hall–Kier alpha value is -1.70. The fourth-order valence-corrected chi connectivity index (χ4v) is 6.88. The summed E-state index contributed by atoms with van der Waals surface area (Å²) in [4.78, 5) is 7.50. The molecule has 158 valence electrons. The molecule has 0 saturated carbocycles. The molecule has 1 aliphatic rings. The summed E-state index contributed by atoms with van der Waals surface area (Å²) < 4.78 is 26.8. The molecular weight excluding hydrogens is 480 g/mol. The first-order valence-corrected chi connectivity index (χ1v) is 13.3. The fraction of sp³-hybridized carbons (Fsp3) is 0.348. The van der Waals surface area contributed by atoms with E-state index in [1.807, 2.05) is 0 Å². The summed E-state index contributed by atoms with van der Waals surface area (Å²) in [6.07, 6.45) is 2.10. The SMILES string of the molecule is Cc1cccc(C)c1Cc1csc(N2CCC(S(=O)(=O)c3ccc(Br)cc3)CC2)n1. The molecule has 0 atom stereocenters. The van der Waals surface area contributed by atoms with Gasteiger partial charge in [0.25, 0.3) is 0 Å². The number of aromatic nitrogens is 1. The Morgan fingerprint density at radius 3 is 2.33 bits per heavy atom. The van der Waals surface area contributed by atoms with Crippen LogP contribution in [0.1, 0.15) is 35.2 Å². The van der Waals surface area contributed by atoms with Crippen molar-refractivity contribution in [3.8, 4) is 0 Å². The number of nitrogens with zero attached hydrogens (tertiary/aromatic N) is 2. The topological polar surface area (TPSA) is 50.3 Å². The highest BCUT2D eigenvalue weighted by Crippen LogP contribution is 2.30. The molecule has 0 N–H and O–H groups in total. The van der Waals surface area contributed by atoms with Crippen molar-refractivity contribution in [1.29, 1.82) is 0 Å². The van der Waals surface area contributed by atoms with Crippen molar-refractivity contribution in [2.75, 3.05) is 18.0 Å². The average Bonchev–Trinajstić information content (AvgIpc) is 3.20. The molecule has 1 saturated heterocycles. The van der Waals surface area contributed by atoms with Crippen LogP contribution in [0.4, 0.5) is 5.13 Å². The molecule has 3 aromatic rings. The van der Waals surface area contributed by atoms with Crippen LogP contribution < -0.4 is 4.90 Å². The van der Waals surface area contributed by atoms with E-state index in [9.17, 15) is 8.42 Å². The molecular formula is C23H25BrN2O2S2. The number of anilines is 1. The quantitative estimate of drug-likeness (QED) is 0.456. The Labute approximate surface area is 191 Å². The molecule has 0 radical (unpaired) electrons. The Morgan fingerprint density at radius 1 is 1.07 bits per heavy atom. The molecule has 1 fully saturated rings. The van der Waals surface area contributed by atoms with Crippen molar-refractivity contribution in [3.05, 3.63) is 74.7 Å². The number of hydrogen-bond acceptors (Lipinski definition) is 5. The smallest absolute Gasteiger partial charge is 0.185 e. The zero-order valence-electron chi connectivity index (χ0n) is 17.1. The number of aryl methyl sites for hydroxylation is 2. The molecule has 2 heterocycles. The van der Waals surface area contributed by atoms with Crippen LogP contribution >= 0.6 is 27.3 Å².